The second-order valence-electron chi connectivity index (χ2n) is 3.88. The van der Waals surface area contributed by atoms with E-state index in [1.807, 2.05) is 6.92 Å². The van der Waals surface area contributed by atoms with Crippen LogP contribution in [-0.4, -0.2) is 15.4 Å². The van der Waals surface area contributed by atoms with Crippen molar-refractivity contribution < 1.29 is 14.4 Å². The minimum atomic E-state index is -3.84. The van der Waals surface area contributed by atoms with Gasteiger partial charge in [0.25, 0.3) is 0 Å². The highest BCUT2D eigenvalue weighted by Gasteiger charge is 2.26. The van der Waals surface area contributed by atoms with Gasteiger partial charge in [-0.15, -0.1) is 0 Å². The van der Waals surface area contributed by atoms with Gasteiger partial charge >= 0.3 is 7.60 Å². The molecule has 0 saturated heterocycles. The van der Waals surface area contributed by atoms with Gasteiger partial charge in [0.05, 0.1) is 5.66 Å². The normalized spacial score (nSPS) is 14.3. The molecule has 0 aliphatic rings. The van der Waals surface area contributed by atoms with Crippen molar-refractivity contribution >= 4 is 7.60 Å². The molecule has 0 aromatic rings. The Morgan fingerprint density at radius 2 is 1.64 bits per heavy atom. The van der Waals surface area contributed by atoms with E-state index in [9.17, 15) is 4.57 Å². The first kappa shape index (κ1) is 14.2. The topological polar surface area (TPSA) is 57.5 Å². The van der Waals surface area contributed by atoms with Gasteiger partial charge in [0.1, 0.15) is 0 Å². The molecule has 0 radical (unpaired) electrons. The van der Waals surface area contributed by atoms with Gasteiger partial charge < -0.3 is 9.79 Å². The maximum atomic E-state index is 11.1. The molecule has 0 aromatic carbocycles. The van der Waals surface area contributed by atoms with Crippen molar-refractivity contribution in [3.05, 3.63) is 0 Å². The smallest absolute Gasteiger partial charge is 0.324 e. The van der Waals surface area contributed by atoms with Crippen LogP contribution >= 0.6 is 7.60 Å². The summed E-state index contributed by atoms with van der Waals surface area (Å²) in [6.45, 7) is 4.10. The fourth-order valence-corrected chi connectivity index (χ4v) is 2.73. The quantitative estimate of drug-likeness (QED) is 0.489. The highest BCUT2D eigenvalue weighted by Crippen LogP contribution is 2.45. The van der Waals surface area contributed by atoms with E-state index in [0.29, 0.717) is 12.8 Å². The highest BCUT2D eigenvalue weighted by atomic mass is 31.2. The van der Waals surface area contributed by atoms with E-state index < -0.39 is 13.3 Å². The molecule has 4 heteroatoms. The molecule has 0 saturated carbocycles. The Morgan fingerprint density at radius 3 is 2.07 bits per heavy atom. The fraction of sp³-hybridized carbons (Fsp3) is 1.00. The minimum Gasteiger partial charge on any atom is -0.324 e. The summed E-state index contributed by atoms with van der Waals surface area (Å²) in [6, 6.07) is 0. The average Bonchev–Trinajstić information content (AvgIpc) is 2.08. The highest BCUT2D eigenvalue weighted by molar-refractivity contribution is 7.52. The Balaban J connectivity index is 3.80. The molecule has 0 aliphatic carbocycles. The summed E-state index contributed by atoms with van der Waals surface area (Å²) in [5.41, 5.74) is -0.399. The van der Waals surface area contributed by atoms with E-state index in [1.165, 1.54) is 6.42 Å². The molecule has 2 N–H and O–H groups in total. The van der Waals surface area contributed by atoms with Gasteiger partial charge in [-0.25, -0.2) is 0 Å². The van der Waals surface area contributed by atoms with Crippen LogP contribution in [0.2, 0.25) is 0 Å². The minimum absolute atomic E-state index is 0.399. The molecular weight excluding hydrogens is 199 g/mol. The van der Waals surface area contributed by atoms with Crippen LogP contribution in [0.25, 0.3) is 0 Å². The van der Waals surface area contributed by atoms with E-state index >= 15 is 0 Å². The van der Waals surface area contributed by atoms with E-state index in [1.54, 1.807) is 0 Å². The van der Waals surface area contributed by atoms with Crippen LogP contribution in [0.15, 0.2) is 0 Å². The third-order valence-electron chi connectivity index (χ3n) is 2.49. The van der Waals surface area contributed by atoms with Gasteiger partial charge in [-0.1, -0.05) is 46.0 Å². The summed E-state index contributed by atoms with van der Waals surface area (Å²) in [5, 5.41) is 0. The van der Waals surface area contributed by atoms with Gasteiger partial charge in [0.2, 0.25) is 0 Å². The Morgan fingerprint density at radius 1 is 1.00 bits per heavy atom. The van der Waals surface area contributed by atoms with Gasteiger partial charge in [0, 0.05) is 0 Å². The Bertz CT molecular complexity index is 176. The van der Waals surface area contributed by atoms with Gasteiger partial charge in [0.15, 0.2) is 0 Å². The molecule has 0 amide bonds. The van der Waals surface area contributed by atoms with Crippen LogP contribution in [0, 0.1) is 0 Å². The predicted molar refractivity (Wildman–Crippen MR) is 59.5 cm³/mol. The van der Waals surface area contributed by atoms with E-state index in [4.69, 9.17) is 9.79 Å². The second-order valence-corrected chi connectivity index (χ2v) is 5.79. The summed E-state index contributed by atoms with van der Waals surface area (Å²) in [4.78, 5) is 18.2. The molecule has 86 valence electrons. The van der Waals surface area contributed by atoms with Crippen molar-refractivity contribution in [1.82, 2.24) is 0 Å². The molecule has 0 spiro atoms. The number of hydrogen-bond acceptors (Lipinski definition) is 1. The van der Waals surface area contributed by atoms with Crippen LogP contribution in [-0.2, 0) is 4.57 Å². The SMILES string of the molecule is CCCCCCC(CCC)P(=O)(O)O. The fourth-order valence-electron chi connectivity index (χ4n) is 1.62. The number of hydrogen-bond donors (Lipinski definition) is 2. The zero-order valence-corrected chi connectivity index (χ0v) is 10.2. The summed E-state index contributed by atoms with van der Waals surface area (Å²) in [6.07, 6.45) is 6.55. The maximum absolute atomic E-state index is 11.1. The summed E-state index contributed by atoms with van der Waals surface area (Å²) in [7, 11) is -3.84. The third-order valence-corrected chi connectivity index (χ3v) is 3.96. The van der Waals surface area contributed by atoms with Gasteiger partial charge in [-0.05, 0) is 12.8 Å². The van der Waals surface area contributed by atoms with Crippen molar-refractivity contribution in [2.24, 2.45) is 0 Å². The third kappa shape index (κ3) is 6.58. The van der Waals surface area contributed by atoms with Crippen LogP contribution in [0.3, 0.4) is 0 Å². The number of unbranched alkanes of at least 4 members (excludes halogenated alkanes) is 3. The van der Waals surface area contributed by atoms with E-state index in [2.05, 4.69) is 6.92 Å². The monoisotopic (exact) mass is 222 g/mol. The van der Waals surface area contributed by atoms with Crippen LogP contribution in [0.5, 0.6) is 0 Å². The summed E-state index contributed by atoms with van der Waals surface area (Å²) in [5.74, 6) is 0. The first-order valence-electron chi connectivity index (χ1n) is 5.57. The molecular formula is C10H23O3P. The van der Waals surface area contributed by atoms with Crippen molar-refractivity contribution in [2.75, 3.05) is 0 Å². The Labute approximate surface area is 87.1 Å². The molecule has 0 aliphatic heterocycles. The molecule has 1 atom stereocenters. The largest absolute Gasteiger partial charge is 0.328 e. The zero-order valence-electron chi connectivity index (χ0n) is 9.28. The summed E-state index contributed by atoms with van der Waals surface area (Å²) >= 11 is 0. The van der Waals surface area contributed by atoms with Crippen LogP contribution in [0.1, 0.15) is 58.8 Å². The van der Waals surface area contributed by atoms with Crippen molar-refractivity contribution in [1.29, 1.82) is 0 Å². The lowest BCUT2D eigenvalue weighted by atomic mass is 10.1. The second kappa shape index (κ2) is 7.44. The van der Waals surface area contributed by atoms with Crippen LogP contribution in [0.4, 0.5) is 0 Å². The standard InChI is InChI=1S/C10H23O3P/c1-3-5-6-7-9-10(8-4-2)14(11,12)13/h10H,3-9H2,1-2H3,(H2,11,12,13). The Kier molecular flexibility index (Phi) is 7.52. The van der Waals surface area contributed by atoms with E-state index in [0.717, 1.165) is 25.7 Å². The van der Waals surface area contributed by atoms with Crippen molar-refractivity contribution in [2.45, 2.75) is 64.5 Å². The predicted octanol–water partition coefficient (Wildman–Crippen LogP) is 3.30. The Hall–Kier alpha value is 0.150. The molecule has 1 unspecified atom stereocenters. The lowest BCUT2D eigenvalue weighted by Gasteiger charge is -2.17. The molecule has 0 aromatic heterocycles. The van der Waals surface area contributed by atoms with Gasteiger partial charge in [-0.3, -0.25) is 4.57 Å². The molecule has 3 nitrogen and oxygen atoms in total. The van der Waals surface area contributed by atoms with E-state index in [-0.39, 0.29) is 0 Å². The molecule has 0 bridgehead atoms. The molecule has 0 fully saturated rings. The molecule has 14 heavy (non-hydrogen) atoms. The van der Waals surface area contributed by atoms with Crippen LogP contribution < -0.4 is 0 Å². The first-order chi connectivity index (χ1) is 6.52. The number of rotatable bonds is 8. The van der Waals surface area contributed by atoms with Crippen molar-refractivity contribution in [3.63, 3.8) is 0 Å². The lowest BCUT2D eigenvalue weighted by Crippen LogP contribution is -2.07. The average molecular weight is 222 g/mol. The summed E-state index contributed by atoms with van der Waals surface area (Å²) < 4.78 is 11.1. The molecule has 0 rings (SSSR count). The van der Waals surface area contributed by atoms with Crippen molar-refractivity contribution in [3.8, 4) is 0 Å². The first-order valence-corrected chi connectivity index (χ1v) is 7.25. The maximum Gasteiger partial charge on any atom is 0.328 e. The van der Waals surface area contributed by atoms with Gasteiger partial charge in [-0.2, -0.15) is 0 Å². The molecule has 0 heterocycles. The lowest BCUT2D eigenvalue weighted by molar-refractivity contribution is 0.347. The zero-order chi connectivity index (χ0) is 11.0.